The minimum atomic E-state index is -0.513. The third kappa shape index (κ3) is 5.83. The van der Waals surface area contributed by atoms with Crippen LogP contribution in [0.2, 0.25) is 5.02 Å². The van der Waals surface area contributed by atoms with Gasteiger partial charge < -0.3 is 10.1 Å². The van der Waals surface area contributed by atoms with Crippen LogP contribution in [0.1, 0.15) is 11.1 Å². The largest absolute Gasteiger partial charge is 0.488 e. The molecule has 1 fully saturated rings. The molecule has 1 aliphatic rings. The molecule has 0 bridgehead atoms. The van der Waals surface area contributed by atoms with Crippen molar-refractivity contribution in [2.75, 3.05) is 11.9 Å². The average molecular weight is 479 g/mol. The molecular weight excluding hydrogens is 460 g/mol. The Hall–Kier alpha value is -3.55. The van der Waals surface area contributed by atoms with Crippen molar-refractivity contribution in [3.63, 3.8) is 0 Å². The van der Waals surface area contributed by atoms with Crippen LogP contribution in [0.3, 0.4) is 0 Å². The molecular formula is C25H19ClN2O4S. The van der Waals surface area contributed by atoms with Gasteiger partial charge in [0.15, 0.2) is 0 Å². The van der Waals surface area contributed by atoms with Gasteiger partial charge in [-0.25, -0.2) is 0 Å². The Morgan fingerprint density at radius 1 is 0.970 bits per heavy atom. The van der Waals surface area contributed by atoms with E-state index in [1.165, 1.54) is 0 Å². The summed E-state index contributed by atoms with van der Waals surface area (Å²) in [5.41, 5.74) is 2.20. The first-order valence-corrected chi connectivity index (χ1v) is 11.3. The van der Waals surface area contributed by atoms with Crippen molar-refractivity contribution in [3.05, 3.63) is 99.9 Å². The van der Waals surface area contributed by atoms with Gasteiger partial charge in [-0.15, -0.1) is 0 Å². The molecule has 6 nitrogen and oxygen atoms in total. The maximum atomic E-state index is 12.8. The molecule has 0 radical (unpaired) electrons. The van der Waals surface area contributed by atoms with Gasteiger partial charge in [-0.2, -0.15) is 0 Å². The van der Waals surface area contributed by atoms with Crippen molar-refractivity contribution < 1.29 is 19.1 Å². The van der Waals surface area contributed by atoms with Gasteiger partial charge in [-0.3, -0.25) is 19.3 Å². The Morgan fingerprint density at radius 3 is 2.42 bits per heavy atom. The molecule has 0 atom stereocenters. The molecule has 1 saturated heterocycles. The fraction of sp³-hybridized carbons (Fsp3) is 0.0800. The predicted molar refractivity (Wildman–Crippen MR) is 130 cm³/mol. The van der Waals surface area contributed by atoms with Crippen LogP contribution in [-0.4, -0.2) is 28.5 Å². The lowest BCUT2D eigenvalue weighted by molar-refractivity contribution is -0.127. The normalized spacial score (nSPS) is 14.6. The first-order valence-electron chi connectivity index (χ1n) is 10.1. The van der Waals surface area contributed by atoms with Gasteiger partial charge >= 0.3 is 0 Å². The second kappa shape index (κ2) is 10.4. The quantitative estimate of drug-likeness (QED) is 0.448. The number of nitrogens with one attached hydrogen (secondary N) is 1. The summed E-state index contributed by atoms with van der Waals surface area (Å²) in [6.45, 7) is -0.0330. The van der Waals surface area contributed by atoms with Crippen molar-refractivity contribution in [1.29, 1.82) is 0 Å². The molecule has 3 aromatic carbocycles. The number of amides is 3. The van der Waals surface area contributed by atoms with E-state index in [2.05, 4.69) is 5.32 Å². The third-order valence-electron chi connectivity index (χ3n) is 4.75. The fourth-order valence-corrected chi connectivity index (χ4v) is 4.07. The smallest absolute Gasteiger partial charge is 0.294 e. The number of rotatable bonds is 7. The number of benzene rings is 3. The van der Waals surface area contributed by atoms with Gasteiger partial charge in [0, 0.05) is 16.3 Å². The number of imide groups is 1. The van der Waals surface area contributed by atoms with Crippen LogP contribution in [-0.2, 0) is 16.2 Å². The van der Waals surface area contributed by atoms with Crippen LogP contribution < -0.4 is 10.1 Å². The molecule has 4 rings (SSSR count). The van der Waals surface area contributed by atoms with Crippen LogP contribution >= 0.6 is 23.4 Å². The van der Waals surface area contributed by atoms with Crippen LogP contribution in [0.15, 0.2) is 83.8 Å². The zero-order chi connectivity index (χ0) is 23.2. The van der Waals surface area contributed by atoms with Gasteiger partial charge in [0.05, 0.1) is 4.91 Å². The molecule has 3 amide bonds. The molecule has 1 aliphatic heterocycles. The second-order valence-corrected chi connectivity index (χ2v) is 8.56. The molecule has 1 N–H and O–H groups in total. The summed E-state index contributed by atoms with van der Waals surface area (Å²) < 4.78 is 5.92. The van der Waals surface area contributed by atoms with E-state index in [-0.39, 0.29) is 11.4 Å². The maximum Gasteiger partial charge on any atom is 0.294 e. The highest BCUT2D eigenvalue weighted by Gasteiger charge is 2.36. The molecule has 1 heterocycles. The van der Waals surface area contributed by atoms with E-state index < -0.39 is 17.1 Å². The molecule has 166 valence electrons. The van der Waals surface area contributed by atoms with Crippen molar-refractivity contribution in [1.82, 2.24) is 4.90 Å². The van der Waals surface area contributed by atoms with E-state index in [1.807, 2.05) is 30.3 Å². The molecule has 0 aliphatic carbocycles. The van der Waals surface area contributed by atoms with E-state index in [0.29, 0.717) is 28.6 Å². The van der Waals surface area contributed by atoms with E-state index in [4.69, 9.17) is 16.3 Å². The van der Waals surface area contributed by atoms with E-state index in [1.54, 1.807) is 54.6 Å². The lowest BCUT2D eigenvalue weighted by Gasteiger charge is -2.12. The Bertz CT molecular complexity index is 1210. The summed E-state index contributed by atoms with van der Waals surface area (Å²) in [6, 6.07) is 23.4. The highest BCUT2D eigenvalue weighted by atomic mass is 35.5. The van der Waals surface area contributed by atoms with E-state index >= 15 is 0 Å². The molecule has 0 aromatic heterocycles. The number of ether oxygens (including phenoxy) is 1. The predicted octanol–water partition coefficient (Wildman–Crippen LogP) is 5.59. The van der Waals surface area contributed by atoms with Crippen LogP contribution in [0, 0.1) is 0 Å². The summed E-state index contributed by atoms with van der Waals surface area (Å²) >= 11 is 6.72. The summed E-state index contributed by atoms with van der Waals surface area (Å²) in [5, 5.41) is 2.83. The lowest BCUT2D eigenvalue weighted by atomic mass is 10.1. The summed E-state index contributed by atoms with van der Waals surface area (Å²) in [5.74, 6) is -0.391. The topological polar surface area (TPSA) is 75.7 Å². The van der Waals surface area contributed by atoms with E-state index in [9.17, 15) is 14.4 Å². The first kappa shape index (κ1) is 22.6. The van der Waals surface area contributed by atoms with Crippen molar-refractivity contribution >= 4 is 52.2 Å². The molecule has 3 aromatic rings. The van der Waals surface area contributed by atoms with Crippen molar-refractivity contribution in [3.8, 4) is 5.75 Å². The highest BCUT2D eigenvalue weighted by molar-refractivity contribution is 8.18. The zero-order valence-corrected chi connectivity index (χ0v) is 18.9. The lowest BCUT2D eigenvalue weighted by Crippen LogP contribution is -2.36. The molecule has 33 heavy (non-hydrogen) atoms. The third-order valence-corrected chi connectivity index (χ3v) is 5.91. The average Bonchev–Trinajstić information content (AvgIpc) is 3.07. The standard InChI is InChI=1S/C25H19ClN2O4S/c26-19-12-10-17(11-13-19)16-32-21-9-5-4-6-18(21)14-22-24(30)28(25(31)33-22)15-23(29)27-20-7-2-1-3-8-20/h1-14H,15-16H2,(H,27,29)/b22-14+. The Balaban J connectivity index is 1.45. The number of hydrogen-bond donors (Lipinski definition) is 1. The summed E-state index contributed by atoms with van der Waals surface area (Å²) in [7, 11) is 0. The summed E-state index contributed by atoms with van der Waals surface area (Å²) in [4.78, 5) is 38.7. The number of anilines is 1. The van der Waals surface area contributed by atoms with Crippen LogP contribution in [0.5, 0.6) is 5.75 Å². The number of carbonyl (C=O) groups is 3. The fourth-order valence-electron chi connectivity index (χ4n) is 3.12. The second-order valence-electron chi connectivity index (χ2n) is 7.14. The molecule has 0 unspecified atom stereocenters. The Morgan fingerprint density at radius 2 is 1.67 bits per heavy atom. The zero-order valence-electron chi connectivity index (χ0n) is 17.4. The van der Waals surface area contributed by atoms with Crippen LogP contribution in [0.25, 0.3) is 6.08 Å². The van der Waals surface area contributed by atoms with Crippen molar-refractivity contribution in [2.45, 2.75) is 6.61 Å². The maximum absolute atomic E-state index is 12.8. The number of hydrogen-bond acceptors (Lipinski definition) is 5. The summed E-state index contributed by atoms with van der Waals surface area (Å²) in [6.07, 6.45) is 1.61. The first-order chi connectivity index (χ1) is 16.0. The van der Waals surface area contributed by atoms with Gasteiger partial charge in [-0.05, 0) is 53.7 Å². The Labute approximate surface area is 200 Å². The van der Waals surface area contributed by atoms with Crippen molar-refractivity contribution in [2.24, 2.45) is 0 Å². The van der Waals surface area contributed by atoms with Gasteiger partial charge in [0.2, 0.25) is 5.91 Å². The molecule has 8 heteroatoms. The minimum Gasteiger partial charge on any atom is -0.488 e. The number of para-hydroxylation sites is 2. The number of nitrogens with zero attached hydrogens (tertiary/aromatic N) is 1. The number of thioether (sulfide) groups is 1. The van der Waals surface area contributed by atoms with E-state index in [0.717, 1.165) is 22.2 Å². The SMILES string of the molecule is O=C(CN1C(=O)S/C(=C/c2ccccc2OCc2ccc(Cl)cc2)C1=O)Nc1ccccc1. The number of halogens is 1. The van der Waals surface area contributed by atoms with Gasteiger partial charge in [-0.1, -0.05) is 60.1 Å². The number of carbonyl (C=O) groups excluding carboxylic acids is 3. The minimum absolute atomic E-state index is 0.232. The highest BCUT2D eigenvalue weighted by Crippen LogP contribution is 2.34. The monoisotopic (exact) mass is 478 g/mol. The molecule has 0 spiro atoms. The van der Waals surface area contributed by atoms with Crippen LogP contribution in [0.4, 0.5) is 10.5 Å². The Kier molecular flexibility index (Phi) is 7.12. The van der Waals surface area contributed by atoms with Gasteiger partial charge in [0.25, 0.3) is 11.1 Å². The van der Waals surface area contributed by atoms with Gasteiger partial charge in [0.1, 0.15) is 18.9 Å². The molecule has 0 saturated carbocycles.